The lowest BCUT2D eigenvalue weighted by Crippen LogP contribution is -2.10. The van der Waals surface area contributed by atoms with Crippen LogP contribution in [0.2, 0.25) is 0 Å². The van der Waals surface area contributed by atoms with Crippen LogP contribution in [0.5, 0.6) is 0 Å². The van der Waals surface area contributed by atoms with Crippen LogP contribution in [-0.2, 0) is 0 Å². The summed E-state index contributed by atoms with van der Waals surface area (Å²) in [5.41, 5.74) is 0. The molecule has 0 N–H and O–H groups in total. The van der Waals surface area contributed by atoms with Gasteiger partial charge in [0, 0.05) is 0 Å². The summed E-state index contributed by atoms with van der Waals surface area (Å²) >= 11 is 0. The van der Waals surface area contributed by atoms with E-state index in [1.165, 1.54) is 96.3 Å². The van der Waals surface area contributed by atoms with E-state index >= 15 is 0 Å². The highest BCUT2D eigenvalue weighted by Gasteiger charge is 2.13. The zero-order valence-corrected chi connectivity index (χ0v) is 18.5. The van der Waals surface area contributed by atoms with Gasteiger partial charge in [0.2, 0.25) is 0 Å². The summed E-state index contributed by atoms with van der Waals surface area (Å²) in [5, 5.41) is 0. The lowest BCUT2D eigenvalue weighted by Gasteiger charge is -2.22. The van der Waals surface area contributed by atoms with Crippen LogP contribution in [0.3, 0.4) is 0 Å². The zero-order chi connectivity index (χ0) is 18.8. The molecule has 0 radical (unpaired) electrons. The number of hydrogen-bond acceptors (Lipinski definition) is 0. The Labute approximate surface area is 161 Å². The van der Waals surface area contributed by atoms with Gasteiger partial charge in [-0.25, -0.2) is 0 Å². The van der Waals surface area contributed by atoms with Gasteiger partial charge in [-0.3, -0.25) is 0 Å². The SMILES string of the molecule is CCCCCCC=CCCCCCCC(C)C(C)CCC(CC)CC. The van der Waals surface area contributed by atoms with Crippen LogP contribution in [0.25, 0.3) is 0 Å². The molecule has 0 bridgehead atoms. The van der Waals surface area contributed by atoms with E-state index in [1.54, 1.807) is 0 Å². The van der Waals surface area contributed by atoms with E-state index in [0.717, 1.165) is 17.8 Å². The fourth-order valence-corrected chi connectivity index (χ4v) is 3.77. The molecule has 150 valence electrons. The molecule has 0 saturated carbocycles. The Morgan fingerprint density at radius 2 is 1.08 bits per heavy atom. The highest BCUT2D eigenvalue weighted by Crippen LogP contribution is 2.26. The second-order valence-electron chi connectivity index (χ2n) is 8.53. The minimum Gasteiger partial charge on any atom is -0.0885 e. The molecule has 2 atom stereocenters. The molecule has 0 aromatic carbocycles. The summed E-state index contributed by atoms with van der Waals surface area (Å²) in [6.07, 6.45) is 25.8. The van der Waals surface area contributed by atoms with Crippen molar-refractivity contribution in [3.8, 4) is 0 Å². The van der Waals surface area contributed by atoms with Crippen LogP contribution in [0.15, 0.2) is 12.2 Å². The number of unbranched alkanes of at least 4 members (excludes halogenated alkanes) is 8. The summed E-state index contributed by atoms with van der Waals surface area (Å²) < 4.78 is 0. The third kappa shape index (κ3) is 15.7. The first kappa shape index (κ1) is 24.7. The van der Waals surface area contributed by atoms with Crippen molar-refractivity contribution in [2.24, 2.45) is 17.8 Å². The molecular formula is C25H50. The third-order valence-corrected chi connectivity index (χ3v) is 6.33. The maximum Gasteiger partial charge on any atom is -0.0351 e. The minimum atomic E-state index is 0.913. The monoisotopic (exact) mass is 350 g/mol. The van der Waals surface area contributed by atoms with Crippen LogP contribution < -0.4 is 0 Å². The summed E-state index contributed by atoms with van der Waals surface area (Å²) in [4.78, 5) is 0. The van der Waals surface area contributed by atoms with Crippen LogP contribution in [0.4, 0.5) is 0 Å². The molecule has 0 heteroatoms. The molecule has 0 rings (SSSR count). The summed E-state index contributed by atoms with van der Waals surface area (Å²) in [5.74, 6) is 2.79. The van der Waals surface area contributed by atoms with Gasteiger partial charge in [-0.2, -0.15) is 0 Å². The Balaban J connectivity index is 3.47. The second-order valence-corrected chi connectivity index (χ2v) is 8.53. The normalized spacial score (nSPS) is 14.5. The van der Waals surface area contributed by atoms with Gasteiger partial charge in [-0.05, 0) is 43.4 Å². The highest BCUT2D eigenvalue weighted by atomic mass is 14.2. The van der Waals surface area contributed by atoms with Crippen molar-refractivity contribution in [1.82, 2.24) is 0 Å². The summed E-state index contributed by atoms with van der Waals surface area (Å²) in [6.45, 7) is 12.0. The van der Waals surface area contributed by atoms with Crippen LogP contribution in [-0.4, -0.2) is 0 Å². The van der Waals surface area contributed by atoms with E-state index in [-0.39, 0.29) is 0 Å². The Morgan fingerprint density at radius 3 is 1.64 bits per heavy atom. The first-order valence-corrected chi connectivity index (χ1v) is 11.8. The average Bonchev–Trinajstić information content (AvgIpc) is 2.63. The van der Waals surface area contributed by atoms with Gasteiger partial charge in [0.15, 0.2) is 0 Å². The van der Waals surface area contributed by atoms with Gasteiger partial charge < -0.3 is 0 Å². The topological polar surface area (TPSA) is 0 Å². The molecule has 0 saturated heterocycles. The van der Waals surface area contributed by atoms with E-state index in [4.69, 9.17) is 0 Å². The van der Waals surface area contributed by atoms with E-state index in [0.29, 0.717) is 0 Å². The average molecular weight is 351 g/mol. The fourth-order valence-electron chi connectivity index (χ4n) is 3.77. The molecule has 0 fully saturated rings. The lowest BCUT2D eigenvalue weighted by molar-refractivity contribution is 0.298. The molecule has 0 aliphatic carbocycles. The quantitative estimate of drug-likeness (QED) is 0.170. The van der Waals surface area contributed by atoms with Gasteiger partial charge in [0.25, 0.3) is 0 Å². The van der Waals surface area contributed by atoms with Gasteiger partial charge in [0.05, 0.1) is 0 Å². The Hall–Kier alpha value is -0.260. The molecule has 25 heavy (non-hydrogen) atoms. The Morgan fingerprint density at radius 1 is 0.560 bits per heavy atom. The van der Waals surface area contributed by atoms with E-state index < -0.39 is 0 Å². The van der Waals surface area contributed by atoms with Gasteiger partial charge in [-0.1, -0.05) is 117 Å². The van der Waals surface area contributed by atoms with Crippen molar-refractivity contribution in [3.63, 3.8) is 0 Å². The molecule has 0 aliphatic rings. The zero-order valence-electron chi connectivity index (χ0n) is 18.5. The lowest BCUT2D eigenvalue weighted by atomic mass is 9.84. The van der Waals surface area contributed by atoms with Crippen molar-refractivity contribution in [2.75, 3.05) is 0 Å². The highest BCUT2D eigenvalue weighted by molar-refractivity contribution is 4.81. The molecule has 2 unspecified atom stereocenters. The molecule has 0 nitrogen and oxygen atoms in total. The minimum absolute atomic E-state index is 0.913. The molecule has 0 spiro atoms. The third-order valence-electron chi connectivity index (χ3n) is 6.33. The van der Waals surface area contributed by atoms with Gasteiger partial charge >= 0.3 is 0 Å². The standard InChI is InChI=1S/C25H50/c1-6-9-10-11-12-13-14-15-16-17-18-19-20-23(4)24(5)21-22-25(7-2)8-3/h13-14,23-25H,6-12,15-22H2,1-5H3. The maximum absolute atomic E-state index is 2.48. The molecule has 0 aromatic rings. The van der Waals surface area contributed by atoms with E-state index in [2.05, 4.69) is 46.8 Å². The summed E-state index contributed by atoms with van der Waals surface area (Å²) in [7, 11) is 0. The second kappa shape index (κ2) is 18.5. The van der Waals surface area contributed by atoms with E-state index in [1.807, 2.05) is 0 Å². The first-order valence-electron chi connectivity index (χ1n) is 11.8. The molecule has 0 heterocycles. The van der Waals surface area contributed by atoms with Crippen molar-refractivity contribution < 1.29 is 0 Å². The van der Waals surface area contributed by atoms with Crippen LogP contribution in [0.1, 0.15) is 131 Å². The molecule has 0 amide bonds. The molecule has 0 aromatic heterocycles. The van der Waals surface area contributed by atoms with E-state index in [9.17, 15) is 0 Å². The number of hydrogen-bond donors (Lipinski definition) is 0. The smallest absolute Gasteiger partial charge is 0.0351 e. The molecular weight excluding hydrogens is 300 g/mol. The van der Waals surface area contributed by atoms with Crippen LogP contribution in [0, 0.1) is 17.8 Å². The maximum atomic E-state index is 2.48. The Kier molecular flexibility index (Phi) is 18.3. The predicted octanol–water partition coefficient (Wildman–Crippen LogP) is 9.34. The largest absolute Gasteiger partial charge is 0.0885 e. The van der Waals surface area contributed by atoms with Crippen molar-refractivity contribution >= 4 is 0 Å². The summed E-state index contributed by atoms with van der Waals surface area (Å²) in [6, 6.07) is 0. The molecule has 0 aliphatic heterocycles. The van der Waals surface area contributed by atoms with Gasteiger partial charge in [0.1, 0.15) is 0 Å². The predicted molar refractivity (Wildman–Crippen MR) is 117 cm³/mol. The number of rotatable bonds is 18. The first-order chi connectivity index (χ1) is 12.2. The van der Waals surface area contributed by atoms with Crippen molar-refractivity contribution in [1.29, 1.82) is 0 Å². The number of allylic oxidation sites excluding steroid dienone is 2. The fraction of sp³-hybridized carbons (Fsp3) is 0.920. The van der Waals surface area contributed by atoms with Crippen LogP contribution >= 0.6 is 0 Å². The van der Waals surface area contributed by atoms with Crippen molar-refractivity contribution in [3.05, 3.63) is 12.2 Å². The van der Waals surface area contributed by atoms with Gasteiger partial charge in [-0.15, -0.1) is 0 Å². The Bertz CT molecular complexity index is 274. The van der Waals surface area contributed by atoms with Crippen molar-refractivity contribution in [2.45, 2.75) is 131 Å².